The molecule has 0 saturated carbocycles. The van der Waals surface area contributed by atoms with Gasteiger partial charge < -0.3 is 4.98 Å². The van der Waals surface area contributed by atoms with Crippen LogP contribution in [0.3, 0.4) is 0 Å². The molecule has 2 N–H and O–H groups in total. The van der Waals surface area contributed by atoms with Gasteiger partial charge in [-0.15, -0.1) is 10.2 Å². The van der Waals surface area contributed by atoms with E-state index in [9.17, 15) is 4.79 Å². The number of nitrogens with one attached hydrogen (secondary N) is 2. The number of hydrogen-bond acceptors (Lipinski definition) is 7. The molecular weight excluding hydrogens is 332 g/mol. The fourth-order valence-corrected chi connectivity index (χ4v) is 3.72. The van der Waals surface area contributed by atoms with Crippen molar-refractivity contribution in [2.45, 2.75) is 10.9 Å². The van der Waals surface area contributed by atoms with Crippen LogP contribution in [0.4, 0.5) is 0 Å². The Bertz CT molecular complexity index is 1010. The topological polar surface area (TPSA) is 100 Å². The fraction of sp³-hybridized carbons (Fsp3) is 0.0714. The van der Waals surface area contributed by atoms with E-state index in [2.05, 4.69) is 30.4 Å². The lowest BCUT2D eigenvalue weighted by atomic mass is 10.2. The monoisotopic (exact) mass is 342 g/mol. The summed E-state index contributed by atoms with van der Waals surface area (Å²) in [6.07, 6.45) is 1.46. The van der Waals surface area contributed by atoms with Crippen molar-refractivity contribution in [2.24, 2.45) is 0 Å². The highest BCUT2D eigenvalue weighted by Gasteiger charge is 2.09. The first kappa shape index (κ1) is 14.1. The van der Waals surface area contributed by atoms with Gasteiger partial charge in [0.25, 0.3) is 5.56 Å². The van der Waals surface area contributed by atoms with E-state index in [1.54, 1.807) is 0 Å². The normalized spacial score (nSPS) is 11.1. The van der Waals surface area contributed by atoms with Crippen molar-refractivity contribution in [1.82, 2.24) is 30.4 Å². The van der Waals surface area contributed by atoms with E-state index >= 15 is 0 Å². The molecule has 114 valence electrons. The summed E-state index contributed by atoms with van der Waals surface area (Å²) in [5, 5.41) is 17.7. The van der Waals surface area contributed by atoms with Crippen molar-refractivity contribution >= 4 is 34.1 Å². The standard InChI is InChI=1S/C14H10N6OS2/c21-12-9-6-15-19-11(9)16-14(17-12)22-7-10-18-20-13(23-10)8-4-2-1-3-5-8/h1-6H,7H2,(H2,15,16,17,19,21). The van der Waals surface area contributed by atoms with Crippen LogP contribution in [0.1, 0.15) is 5.01 Å². The number of fused-ring (bicyclic) bond motifs is 1. The summed E-state index contributed by atoms with van der Waals surface area (Å²) < 4.78 is 0. The second-order valence-electron chi connectivity index (χ2n) is 4.66. The maximum absolute atomic E-state index is 11.9. The van der Waals surface area contributed by atoms with Crippen molar-refractivity contribution < 1.29 is 0 Å². The number of aromatic amines is 2. The average molecular weight is 342 g/mol. The molecule has 9 heteroatoms. The van der Waals surface area contributed by atoms with Crippen LogP contribution in [0.15, 0.2) is 46.5 Å². The fourth-order valence-electron chi connectivity index (χ4n) is 2.03. The Kier molecular flexibility index (Phi) is 3.64. The van der Waals surface area contributed by atoms with Gasteiger partial charge in [-0.2, -0.15) is 5.10 Å². The Hall–Kier alpha value is -2.52. The van der Waals surface area contributed by atoms with Crippen LogP contribution >= 0.6 is 23.1 Å². The van der Waals surface area contributed by atoms with E-state index in [1.807, 2.05) is 30.3 Å². The van der Waals surface area contributed by atoms with Crippen molar-refractivity contribution in [3.8, 4) is 10.6 Å². The number of nitrogens with zero attached hydrogens (tertiary/aromatic N) is 4. The number of benzene rings is 1. The summed E-state index contributed by atoms with van der Waals surface area (Å²) >= 11 is 2.94. The lowest BCUT2D eigenvalue weighted by Gasteiger charge is -1.97. The van der Waals surface area contributed by atoms with Gasteiger partial charge in [0.1, 0.15) is 15.4 Å². The highest BCUT2D eigenvalue weighted by molar-refractivity contribution is 7.98. The molecule has 0 fully saturated rings. The Morgan fingerprint density at radius 2 is 2.04 bits per heavy atom. The highest BCUT2D eigenvalue weighted by atomic mass is 32.2. The zero-order chi connectivity index (χ0) is 15.6. The molecule has 0 unspecified atom stereocenters. The summed E-state index contributed by atoms with van der Waals surface area (Å²) in [5.74, 6) is 0.590. The molecule has 0 spiro atoms. The van der Waals surface area contributed by atoms with E-state index in [0.29, 0.717) is 21.9 Å². The van der Waals surface area contributed by atoms with Gasteiger partial charge in [-0.3, -0.25) is 9.89 Å². The molecule has 0 bridgehead atoms. The minimum atomic E-state index is -0.200. The number of rotatable bonds is 4. The van der Waals surface area contributed by atoms with Crippen LogP contribution < -0.4 is 5.56 Å². The van der Waals surface area contributed by atoms with Crippen molar-refractivity contribution in [1.29, 1.82) is 0 Å². The molecule has 3 aromatic heterocycles. The number of aromatic nitrogens is 6. The van der Waals surface area contributed by atoms with E-state index < -0.39 is 0 Å². The third kappa shape index (κ3) is 2.88. The minimum Gasteiger partial charge on any atom is -0.301 e. The van der Waals surface area contributed by atoms with Crippen molar-refractivity contribution in [3.05, 3.63) is 51.9 Å². The Balaban J connectivity index is 1.52. The van der Waals surface area contributed by atoms with Crippen LogP contribution in [-0.4, -0.2) is 30.4 Å². The zero-order valence-corrected chi connectivity index (χ0v) is 13.3. The Morgan fingerprint density at radius 1 is 1.17 bits per heavy atom. The summed E-state index contributed by atoms with van der Waals surface area (Å²) in [7, 11) is 0. The van der Waals surface area contributed by atoms with Gasteiger partial charge in [-0.25, -0.2) is 4.98 Å². The van der Waals surface area contributed by atoms with Crippen LogP contribution in [0.5, 0.6) is 0 Å². The molecule has 0 saturated heterocycles. The molecule has 0 aliphatic carbocycles. The third-order valence-corrected chi connectivity index (χ3v) is 5.16. The predicted molar refractivity (Wildman–Crippen MR) is 89.4 cm³/mol. The molecule has 7 nitrogen and oxygen atoms in total. The molecule has 0 amide bonds. The largest absolute Gasteiger partial charge is 0.301 e. The SMILES string of the molecule is O=c1[nH]c(SCc2nnc(-c3ccccc3)s2)nc2[nH]ncc12. The van der Waals surface area contributed by atoms with Gasteiger partial charge in [-0.05, 0) is 0 Å². The minimum absolute atomic E-state index is 0.200. The lowest BCUT2D eigenvalue weighted by molar-refractivity contribution is 0.955. The molecule has 4 rings (SSSR count). The van der Waals surface area contributed by atoms with Gasteiger partial charge in [0.2, 0.25) is 0 Å². The third-order valence-electron chi connectivity index (χ3n) is 3.12. The van der Waals surface area contributed by atoms with Crippen LogP contribution in [0.2, 0.25) is 0 Å². The van der Waals surface area contributed by atoms with Gasteiger partial charge in [0.05, 0.1) is 11.9 Å². The molecule has 0 radical (unpaired) electrons. The molecule has 3 heterocycles. The summed E-state index contributed by atoms with van der Waals surface area (Å²) in [5.41, 5.74) is 1.33. The summed E-state index contributed by atoms with van der Waals surface area (Å²) in [4.78, 5) is 18.9. The smallest absolute Gasteiger partial charge is 0.262 e. The number of thioether (sulfide) groups is 1. The summed E-state index contributed by atoms with van der Waals surface area (Å²) in [6.45, 7) is 0. The lowest BCUT2D eigenvalue weighted by Crippen LogP contribution is -2.08. The molecule has 4 aromatic rings. The molecule has 23 heavy (non-hydrogen) atoms. The quantitative estimate of drug-likeness (QED) is 0.436. The van der Waals surface area contributed by atoms with E-state index in [1.165, 1.54) is 29.3 Å². The molecular formula is C14H10N6OS2. The van der Waals surface area contributed by atoms with Crippen molar-refractivity contribution in [3.63, 3.8) is 0 Å². The van der Waals surface area contributed by atoms with Crippen LogP contribution in [-0.2, 0) is 5.75 Å². The van der Waals surface area contributed by atoms with Gasteiger partial charge >= 0.3 is 0 Å². The molecule has 1 aromatic carbocycles. The first-order valence-corrected chi connectivity index (χ1v) is 8.54. The zero-order valence-electron chi connectivity index (χ0n) is 11.7. The molecule has 0 aliphatic heterocycles. The Labute approximate surface area is 138 Å². The number of H-pyrrole nitrogens is 2. The Morgan fingerprint density at radius 3 is 2.91 bits per heavy atom. The number of hydrogen-bond donors (Lipinski definition) is 2. The van der Waals surface area contributed by atoms with Gasteiger partial charge in [0, 0.05) is 5.56 Å². The second-order valence-corrected chi connectivity index (χ2v) is 6.69. The molecule has 0 atom stereocenters. The van der Waals surface area contributed by atoms with Crippen LogP contribution in [0, 0.1) is 0 Å². The van der Waals surface area contributed by atoms with Crippen molar-refractivity contribution in [2.75, 3.05) is 0 Å². The second kappa shape index (κ2) is 5.94. The maximum Gasteiger partial charge on any atom is 0.262 e. The highest BCUT2D eigenvalue weighted by Crippen LogP contribution is 2.27. The molecule has 0 aliphatic rings. The predicted octanol–water partition coefficient (Wildman–Crippen LogP) is 2.46. The average Bonchev–Trinajstić information content (AvgIpc) is 3.23. The maximum atomic E-state index is 11.9. The first-order chi connectivity index (χ1) is 11.3. The van der Waals surface area contributed by atoms with Gasteiger partial charge in [-0.1, -0.05) is 53.4 Å². The van der Waals surface area contributed by atoms with E-state index in [-0.39, 0.29) is 5.56 Å². The van der Waals surface area contributed by atoms with E-state index in [0.717, 1.165) is 15.6 Å². The van der Waals surface area contributed by atoms with Gasteiger partial charge in [0.15, 0.2) is 10.8 Å². The summed E-state index contributed by atoms with van der Waals surface area (Å²) in [6, 6.07) is 9.92. The first-order valence-electron chi connectivity index (χ1n) is 6.73. The van der Waals surface area contributed by atoms with E-state index in [4.69, 9.17) is 0 Å². The van der Waals surface area contributed by atoms with Crippen LogP contribution in [0.25, 0.3) is 21.6 Å².